The Morgan fingerprint density at radius 1 is 1.11 bits per heavy atom. The molecule has 0 bridgehead atoms. The number of H-pyrrole nitrogens is 1. The highest BCUT2D eigenvalue weighted by molar-refractivity contribution is 6.31. The van der Waals surface area contributed by atoms with E-state index in [-0.39, 0.29) is 5.56 Å². The van der Waals surface area contributed by atoms with Crippen LogP contribution in [-0.4, -0.2) is 31.9 Å². The molecule has 0 aliphatic heterocycles. The molecular formula is C25H21ClF3N7O. The van der Waals surface area contributed by atoms with E-state index in [1.54, 1.807) is 41.6 Å². The molecule has 2 aromatic carbocycles. The minimum Gasteiger partial charge on any atom is -0.367 e. The minimum absolute atomic E-state index is 0.173. The summed E-state index contributed by atoms with van der Waals surface area (Å²) < 4.78 is 39.8. The topological polar surface area (TPSA) is 98.8 Å². The van der Waals surface area contributed by atoms with Gasteiger partial charge in [0.05, 0.1) is 16.3 Å². The van der Waals surface area contributed by atoms with Crippen molar-refractivity contribution in [1.82, 2.24) is 19.9 Å². The Morgan fingerprint density at radius 3 is 2.62 bits per heavy atom. The maximum atomic E-state index is 13.3. The number of imidazole rings is 1. The van der Waals surface area contributed by atoms with Gasteiger partial charge in [-0.25, -0.2) is 15.0 Å². The normalized spacial score (nSPS) is 13.3. The SMILES string of the molecule is Cc1ccc(NC(=O)c2ccc(Cl)c(C(F)(F)F)c2)cc1N(c1cc(NC2CC2)ncn1)c1ncc[nH]1. The van der Waals surface area contributed by atoms with E-state index in [9.17, 15) is 18.0 Å². The first kappa shape index (κ1) is 24.6. The highest BCUT2D eigenvalue weighted by Crippen LogP contribution is 2.37. The Balaban J connectivity index is 1.48. The van der Waals surface area contributed by atoms with Gasteiger partial charge in [0, 0.05) is 35.8 Å². The second kappa shape index (κ2) is 9.74. The van der Waals surface area contributed by atoms with Crippen LogP contribution in [-0.2, 0) is 6.18 Å². The third-order valence-corrected chi connectivity index (χ3v) is 6.08. The van der Waals surface area contributed by atoms with E-state index in [0.29, 0.717) is 35.0 Å². The molecule has 1 aliphatic rings. The summed E-state index contributed by atoms with van der Waals surface area (Å²) in [5.74, 6) is 0.983. The second-order valence-corrected chi connectivity index (χ2v) is 8.98. The maximum absolute atomic E-state index is 13.3. The Kier molecular flexibility index (Phi) is 6.46. The second-order valence-electron chi connectivity index (χ2n) is 8.58. The summed E-state index contributed by atoms with van der Waals surface area (Å²) in [6, 6.07) is 10.4. The van der Waals surface area contributed by atoms with Crippen LogP contribution in [0.3, 0.4) is 0 Å². The third kappa shape index (κ3) is 5.51. The van der Waals surface area contributed by atoms with Crippen molar-refractivity contribution in [2.75, 3.05) is 15.5 Å². The van der Waals surface area contributed by atoms with Gasteiger partial charge < -0.3 is 15.6 Å². The molecule has 1 aliphatic carbocycles. The summed E-state index contributed by atoms with van der Waals surface area (Å²) in [7, 11) is 0. The van der Waals surface area contributed by atoms with Gasteiger partial charge in [-0.1, -0.05) is 17.7 Å². The number of nitrogens with zero attached hydrogens (tertiary/aromatic N) is 4. The van der Waals surface area contributed by atoms with Gasteiger partial charge >= 0.3 is 6.18 Å². The lowest BCUT2D eigenvalue weighted by molar-refractivity contribution is -0.137. The zero-order valence-corrected chi connectivity index (χ0v) is 20.2. The molecule has 3 N–H and O–H groups in total. The van der Waals surface area contributed by atoms with Crippen molar-refractivity contribution in [2.45, 2.75) is 32.0 Å². The summed E-state index contributed by atoms with van der Waals surface area (Å²) in [4.78, 5) is 30.8. The van der Waals surface area contributed by atoms with E-state index < -0.39 is 22.7 Å². The monoisotopic (exact) mass is 527 g/mol. The highest BCUT2D eigenvalue weighted by Gasteiger charge is 2.34. The summed E-state index contributed by atoms with van der Waals surface area (Å²) in [5, 5.41) is 5.54. The standard InChI is InChI=1S/C25H21ClF3N7O/c1-14-2-4-17(35-23(37)15-3-7-19(26)18(10-15)25(27,28)29)11-20(14)36(24-30-8-9-31-24)22-12-21(32-13-33-22)34-16-5-6-16/h2-4,7-13,16H,5-6H2,1H3,(H,30,31)(H,35,37)(H,32,33,34). The van der Waals surface area contributed by atoms with Crippen LogP contribution in [0.2, 0.25) is 5.02 Å². The lowest BCUT2D eigenvalue weighted by Gasteiger charge is -2.24. The fourth-order valence-electron chi connectivity index (χ4n) is 3.73. The summed E-state index contributed by atoms with van der Waals surface area (Å²) in [6.45, 7) is 1.89. The van der Waals surface area contributed by atoms with Gasteiger partial charge in [-0.2, -0.15) is 13.2 Å². The van der Waals surface area contributed by atoms with Crippen molar-refractivity contribution in [2.24, 2.45) is 0 Å². The number of carbonyl (C=O) groups excluding carboxylic acids is 1. The zero-order chi connectivity index (χ0) is 26.2. The van der Waals surface area contributed by atoms with Crippen LogP contribution in [0.1, 0.15) is 34.3 Å². The Bertz CT molecular complexity index is 1440. The van der Waals surface area contributed by atoms with Crippen molar-refractivity contribution in [3.63, 3.8) is 0 Å². The Morgan fingerprint density at radius 2 is 1.92 bits per heavy atom. The van der Waals surface area contributed by atoms with E-state index in [1.807, 2.05) is 6.92 Å². The van der Waals surface area contributed by atoms with Crippen LogP contribution in [0.4, 0.5) is 42.1 Å². The van der Waals surface area contributed by atoms with Crippen molar-refractivity contribution < 1.29 is 18.0 Å². The predicted octanol–water partition coefficient (Wildman–Crippen LogP) is 6.48. The molecule has 37 heavy (non-hydrogen) atoms. The van der Waals surface area contributed by atoms with Crippen molar-refractivity contribution in [3.8, 4) is 0 Å². The molecule has 0 unspecified atom stereocenters. The molecule has 190 valence electrons. The number of hydrogen-bond acceptors (Lipinski definition) is 6. The van der Waals surface area contributed by atoms with Crippen LogP contribution >= 0.6 is 11.6 Å². The van der Waals surface area contributed by atoms with E-state index in [0.717, 1.165) is 30.5 Å². The Labute approximate surface area is 214 Å². The number of rotatable bonds is 7. The molecule has 12 heteroatoms. The number of aryl methyl sites for hydroxylation is 1. The molecule has 0 atom stereocenters. The van der Waals surface area contributed by atoms with Crippen molar-refractivity contribution in [3.05, 3.63) is 82.9 Å². The number of aromatic nitrogens is 4. The molecule has 0 spiro atoms. The first-order valence-electron chi connectivity index (χ1n) is 11.4. The molecule has 5 rings (SSSR count). The van der Waals surface area contributed by atoms with Gasteiger partial charge in [0.25, 0.3) is 5.91 Å². The molecule has 1 amide bonds. The molecule has 0 saturated heterocycles. The molecule has 2 heterocycles. The Hall–Kier alpha value is -4.12. The largest absolute Gasteiger partial charge is 0.417 e. The fourth-order valence-corrected chi connectivity index (χ4v) is 3.95. The summed E-state index contributed by atoms with van der Waals surface area (Å²) in [5.41, 5.74) is 0.616. The molecule has 8 nitrogen and oxygen atoms in total. The molecule has 4 aromatic rings. The van der Waals surface area contributed by atoms with E-state index in [1.165, 1.54) is 12.4 Å². The molecule has 2 aromatic heterocycles. The van der Waals surface area contributed by atoms with Gasteiger partial charge in [0.1, 0.15) is 18.0 Å². The average Bonchev–Trinajstić information content (AvgIpc) is 3.50. The van der Waals surface area contributed by atoms with Crippen LogP contribution in [0.15, 0.2) is 61.2 Å². The molecule has 1 fully saturated rings. The number of benzene rings is 2. The first-order valence-corrected chi connectivity index (χ1v) is 11.7. The molecular weight excluding hydrogens is 507 g/mol. The third-order valence-electron chi connectivity index (χ3n) is 5.75. The van der Waals surface area contributed by atoms with Gasteiger partial charge in [-0.3, -0.25) is 9.69 Å². The summed E-state index contributed by atoms with van der Waals surface area (Å²) in [6.07, 6.45) is 2.22. The number of alkyl halides is 3. The van der Waals surface area contributed by atoms with Gasteiger partial charge in [0.15, 0.2) is 0 Å². The van der Waals surface area contributed by atoms with Gasteiger partial charge in [-0.05, 0) is 55.7 Å². The van der Waals surface area contributed by atoms with E-state index in [2.05, 4.69) is 30.6 Å². The number of halogens is 4. The van der Waals surface area contributed by atoms with Gasteiger partial charge in [-0.15, -0.1) is 0 Å². The maximum Gasteiger partial charge on any atom is 0.417 e. The van der Waals surface area contributed by atoms with E-state index >= 15 is 0 Å². The van der Waals surface area contributed by atoms with Crippen LogP contribution in [0.25, 0.3) is 0 Å². The summed E-state index contributed by atoms with van der Waals surface area (Å²) >= 11 is 5.69. The molecule has 1 saturated carbocycles. The van der Waals surface area contributed by atoms with Gasteiger partial charge in [0.2, 0.25) is 5.95 Å². The number of nitrogens with one attached hydrogen (secondary N) is 3. The van der Waals surface area contributed by atoms with Crippen LogP contribution < -0.4 is 15.5 Å². The molecule has 0 radical (unpaired) electrons. The number of carbonyl (C=O) groups is 1. The van der Waals surface area contributed by atoms with Crippen LogP contribution in [0, 0.1) is 6.92 Å². The lowest BCUT2D eigenvalue weighted by Crippen LogP contribution is -2.17. The number of anilines is 5. The van der Waals surface area contributed by atoms with Crippen LogP contribution in [0.5, 0.6) is 0 Å². The minimum atomic E-state index is -4.68. The van der Waals surface area contributed by atoms with Crippen molar-refractivity contribution >= 4 is 46.5 Å². The average molecular weight is 528 g/mol. The quantitative estimate of drug-likeness (QED) is 0.254. The predicted molar refractivity (Wildman–Crippen MR) is 135 cm³/mol. The number of hydrogen-bond donors (Lipinski definition) is 3. The van der Waals surface area contributed by atoms with Crippen molar-refractivity contribution in [1.29, 1.82) is 0 Å². The highest BCUT2D eigenvalue weighted by atomic mass is 35.5. The zero-order valence-electron chi connectivity index (χ0n) is 19.5. The first-order chi connectivity index (χ1) is 17.7. The number of amides is 1. The smallest absolute Gasteiger partial charge is 0.367 e. The fraction of sp³-hybridized carbons (Fsp3) is 0.200. The van der Waals surface area contributed by atoms with E-state index in [4.69, 9.17) is 11.6 Å². The lowest BCUT2D eigenvalue weighted by atomic mass is 10.1. The number of aromatic amines is 1.